The van der Waals surface area contributed by atoms with E-state index in [-0.39, 0.29) is 16.8 Å². The van der Waals surface area contributed by atoms with Crippen LogP contribution in [0.2, 0.25) is 5.02 Å². The number of hydrogen-bond acceptors (Lipinski definition) is 6. The van der Waals surface area contributed by atoms with Crippen molar-refractivity contribution in [2.45, 2.75) is 0 Å². The number of nitrogens with zero attached hydrogens (tertiary/aromatic N) is 2. The van der Waals surface area contributed by atoms with Crippen molar-refractivity contribution in [2.75, 3.05) is 0 Å². The molecule has 2 heterocycles. The first kappa shape index (κ1) is 17.7. The number of halogens is 1. The minimum absolute atomic E-state index is 0.0833. The number of imide groups is 1. The van der Waals surface area contributed by atoms with Gasteiger partial charge in [-0.1, -0.05) is 28.8 Å². The maximum Gasteiger partial charge on any atom is 0.382 e. The fourth-order valence-electron chi connectivity index (χ4n) is 2.58. The van der Waals surface area contributed by atoms with Gasteiger partial charge in [-0.2, -0.15) is 0 Å². The van der Waals surface area contributed by atoms with E-state index in [1.54, 1.807) is 36.4 Å². The summed E-state index contributed by atoms with van der Waals surface area (Å²) < 4.78 is 5.59. The summed E-state index contributed by atoms with van der Waals surface area (Å²) in [6.45, 7) is 0. The summed E-state index contributed by atoms with van der Waals surface area (Å²) in [6.07, 6.45) is 1.33. The van der Waals surface area contributed by atoms with E-state index in [2.05, 4.69) is 4.98 Å². The molecule has 0 bridgehead atoms. The normalized spacial score (nSPS) is 12.7. The van der Waals surface area contributed by atoms with Crippen molar-refractivity contribution in [1.29, 1.82) is 0 Å². The van der Waals surface area contributed by atoms with Gasteiger partial charge in [-0.25, -0.2) is 9.78 Å². The van der Waals surface area contributed by atoms with Crippen molar-refractivity contribution < 1.29 is 24.0 Å². The van der Waals surface area contributed by atoms with Gasteiger partial charge in [0.05, 0.1) is 17.3 Å². The van der Waals surface area contributed by atoms with E-state index >= 15 is 0 Å². The van der Waals surface area contributed by atoms with Gasteiger partial charge in [0.25, 0.3) is 11.8 Å². The first-order valence-electron chi connectivity index (χ1n) is 8.12. The van der Waals surface area contributed by atoms with Crippen LogP contribution >= 0.6 is 11.6 Å². The highest BCUT2D eigenvalue weighted by Gasteiger charge is 2.38. The molecule has 0 saturated heterocycles. The van der Waals surface area contributed by atoms with Crippen LogP contribution in [0.5, 0.6) is 11.5 Å². The molecule has 0 saturated carbocycles. The molecule has 3 aromatic rings. The minimum Gasteiger partial charge on any atom is -0.456 e. The van der Waals surface area contributed by atoms with Crippen molar-refractivity contribution in [3.63, 3.8) is 0 Å². The summed E-state index contributed by atoms with van der Waals surface area (Å²) in [4.78, 5) is 45.6. The van der Waals surface area contributed by atoms with E-state index in [0.29, 0.717) is 21.6 Å². The summed E-state index contributed by atoms with van der Waals surface area (Å²) >= 11 is 5.82. The van der Waals surface area contributed by atoms with E-state index in [0.717, 1.165) is 0 Å². The van der Waals surface area contributed by atoms with Crippen molar-refractivity contribution in [1.82, 2.24) is 10.0 Å². The number of hydrogen-bond donors (Lipinski definition) is 0. The van der Waals surface area contributed by atoms with Crippen LogP contribution in [-0.4, -0.2) is 27.8 Å². The predicted octanol–water partition coefficient (Wildman–Crippen LogP) is 3.90. The average Bonchev–Trinajstić information content (AvgIpc) is 2.95. The SMILES string of the molecule is O=C(ON1C(=O)c2ccccc2C1=O)c1ccc(Oc2ccc(Cl)cc2)cn1. The number of ether oxygens (including phenoxy) is 1. The molecule has 4 rings (SSSR count). The quantitative estimate of drug-likeness (QED) is 0.624. The standard InChI is InChI=1S/C20H11ClN2O5/c21-12-5-7-13(8-6-12)27-14-9-10-17(22-11-14)20(26)28-23-18(24)15-3-1-2-4-16(15)19(23)25/h1-11H. The monoisotopic (exact) mass is 394 g/mol. The van der Waals surface area contributed by atoms with Crippen LogP contribution in [0, 0.1) is 0 Å². The molecule has 1 aliphatic rings. The van der Waals surface area contributed by atoms with Crippen molar-refractivity contribution >= 4 is 29.4 Å². The topological polar surface area (TPSA) is 85.8 Å². The van der Waals surface area contributed by atoms with Gasteiger partial charge in [-0.15, -0.1) is 0 Å². The second kappa shape index (κ2) is 7.13. The molecule has 1 aromatic heterocycles. The molecular formula is C20H11ClN2O5. The van der Waals surface area contributed by atoms with Crippen LogP contribution < -0.4 is 4.74 Å². The predicted molar refractivity (Wildman–Crippen MR) is 98.1 cm³/mol. The van der Waals surface area contributed by atoms with Crippen LogP contribution in [0.25, 0.3) is 0 Å². The number of benzene rings is 2. The molecule has 2 amide bonds. The number of aromatic nitrogens is 1. The number of carbonyl (C=O) groups is 3. The van der Waals surface area contributed by atoms with Gasteiger partial charge in [0.15, 0.2) is 5.69 Å². The van der Waals surface area contributed by atoms with Crippen LogP contribution in [0.15, 0.2) is 66.9 Å². The number of carbonyl (C=O) groups excluding carboxylic acids is 3. The smallest absolute Gasteiger partial charge is 0.382 e. The van der Waals surface area contributed by atoms with E-state index in [4.69, 9.17) is 21.2 Å². The lowest BCUT2D eigenvalue weighted by atomic mass is 10.1. The second-order valence-corrected chi connectivity index (χ2v) is 6.20. The second-order valence-electron chi connectivity index (χ2n) is 5.76. The van der Waals surface area contributed by atoms with Gasteiger partial charge in [0.1, 0.15) is 11.5 Å². The molecule has 1 aliphatic heterocycles. The zero-order valence-corrected chi connectivity index (χ0v) is 14.9. The summed E-state index contributed by atoms with van der Waals surface area (Å²) in [5, 5.41) is 1.02. The number of amides is 2. The summed E-state index contributed by atoms with van der Waals surface area (Å²) in [6, 6.07) is 15.8. The third-order valence-corrected chi connectivity index (χ3v) is 4.18. The Morgan fingerprint density at radius 3 is 2.04 bits per heavy atom. The zero-order chi connectivity index (χ0) is 19.7. The maximum atomic E-state index is 12.3. The highest BCUT2D eigenvalue weighted by Crippen LogP contribution is 2.24. The molecule has 28 heavy (non-hydrogen) atoms. The Morgan fingerprint density at radius 1 is 0.857 bits per heavy atom. The van der Waals surface area contributed by atoms with Gasteiger partial charge >= 0.3 is 5.97 Å². The van der Waals surface area contributed by atoms with Crippen LogP contribution in [0.3, 0.4) is 0 Å². The molecule has 0 spiro atoms. The fourth-order valence-corrected chi connectivity index (χ4v) is 2.71. The molecule has 7 nitrogen and oxygen atoms in total. The minimum atomic E-state index is -0.937. The Morgan fingerprint density at radius 2 is 1.46 bits per heavy atom. The molecule has 0 atom stereocenters. The highest BCUT2D eigenvalue weighted by molar-refractivity contribution is 6.30. The Kier molecular flexibility index (Phi) is 4.50. The fraction of sp³-hybridized carbons (Fsp3) is 0. The highest BCUT2D eigenvalue weighted by atomic mass is 35.5. The van der Waals surface area contributed by atoms with Crippen LogP contribution in [0.4, 0.5) is 0 Å². The molecule has 0 radical (unpaired) electrons. The Balaban J connectivity index is 1.45. The third kappa shape index (κ3) is 3.30. The lowest BCUT2D eigenvalue weighted by molar-refractivity contribution is -0.0588. The van der Waals surface area contributed by atoms with Crippen molar-refractivity contribution in [3.8, 4) is 11.5 Å². The largest absolute Gasteiger partial charge is 0.456 e. The van der Waals surface area contributed by atoms with E-state index in [1.807, 2.05) is 0 Å². The Bertz CT molecular complexity index is 1050. The first-order valence-corrected chi connectivity index (χ1v) is 8.50. The van der Waals surface area contributed by atoms with Gasteiger partial charge in [-0.05, 0) is 48.5 Å². The average molecular weight is 395 g/mol. The van der Waals surface area contributed by atoms with Gasteiger partial charge in [-0.3, -0.25) is 9.59 Å². The molecule has 0 fully saturated rings. The van der Waals surface area contributed by atoms with Gasteiger partial charge in [0, 0.05) is 5.02 Å². The molecular weight excluding hydrogens is 384 g/mol. The van der Waals surface area contributed by atoms with E-state index in [1.165, 1.54) is 30.5 Å². The maximum absolute atomic E-state index is 12.3. The number of rotatable bonds is 4. The van der Waals surface area contributed by atoms with E-state index in [9.17, 15) is 14.4 Å². The number of fused-ring (bicyclic) bond motifs is 1. The molecule has 2 aromatic carbocycles. The zero-order valence-electron chi connectivity index (χ0n) is 14.2. The summed E-state index contributed by atoms with van der Waals surface area (Å²) in [7, 11) is 0. The molecule has 0 aliphatic carbocycles. The first-order chi connectivity index (χ1) is 13.5. The third-order valence-electron chi connectivity index (χ3n) is 3.93. The number of hydroxylamine groups is 2. The summed E-state index contributed by atoms with van der Waals surface area (Å²) in [5.41, 5.74) is 0.278. The summed E-state index contributed by atoms with van der Waals surface area (Å²) in [5.74, 6) is -1.40. The van der Waals surface area contributed by atoms with E-state index < -0.39 is 17.8 Å². The van der Waals surface area contributed by atoms with Crippen molar-refractivity contribution in [3.05, 3.63) is 88.7 Å². The van der Waals surface area contributed by atoms with Gasteiger partial charge in [0.2, 0.25) is 0 Å². The van der Waals surface area contributed by atoms with Gasteiger partial charge < -0.3 is 9.57 Å². The molecule has 8 heteroatoms. The lowest BCUT2D eigenvalue weighted by Crippen LogP contribution is -2.32. The van der Waals surface area contributed by atoms with Crippen LogP contribution in [0.1, 0.15) is 31.2 Å². The Hall–Kier alpha value is -3.71. The lowest BCUT2D eigenvalue weighted by Gasteiger charge is -2.12. The van der Waals surface area contributed by atoms with Crippen molar-refractivity contribution in [2.24, 2.45) is 0 Å². The van der Waals surface area contributed by atoms with Crippen LogP contribution in [-0.2, 0) is 4.84 Å². The Labute approximate surface area is 164 Å². The number of pyridine rings is 1. The molecule has 138 valence electrons. The molecule has 0 unspecified atom stereocenters. The molecule has 0 N–H and O–H groups in total.